The molecule has 6 nitrogen and oxygen atoms in total. The van der Waals surface area contributed by atoms with E-state index in [9.17, 15) is 9.59 Å². The molecule has 3 aromatic carbocycles. The van der Waals surface area contributed by atoms with E-state index in [4.69, 9.17) is 16.3 Å². The van der Waals surface area contributed by atoms with E-state index >= 15 is 0 Å². The van der Waals surface area contributed by atoms with Crippen molar-refractivity contribution >= 4 is 34.8 Å². The number of carbonyl (C=O) groups is 2. The summed E-state index contributed by atoms with van der Waals surface area (Å²) in [5, 5.41) is 3.46. The summed E-state index contributed by atoms with van der Waals surface area (Å²) in [5.41, 5.74) is 3.74. The molecule has 0 aliphatic carbocycles. The lowest BCUT2D eigenvalue weighted by Crippen LogP contribution is -2.48. The number of hydrogen-bond donors (Lipinski definition) is 1. The molecule has 2 amide bonds. The van der Waals surface area contributed by atoms with Crippen molar-refractivity contribution < 1.29 is 14.3 Å². The van der Waals surface area contributed by atoms with Gasteiger partial charge in [-0.3, -0.25) is 9.59 Å². The second kappa shape index (κ2) is 11.1. The third-order valence-corrected chi connectivity index (χ3v) is 6.13. The third kappa shape index (κ3) is 6.08. The second-order valence-corrected chi connectivity index (χ2v) is 8.60. The molecule has 1 saturated heterocycles. The highest BCUT2D eigenvalue weighted by molar-refractivity contribution is 6.30. The van der Waals surface area contributed by atoms with Gasteiger partial charge >= 0.3 is 0 Å². The molecular formula is C27H28ClN3O3. The minimum absolute atomic E-state index is 0.0828. The molecule has 0 bridgehead atoms. The number of anilines is 2. The monoisotopic (exact) mass is 477 g/mol. The van der Waals surface area contributed by atoms with Crippen molar-refractivity contribution in [3.05, 3.63) is 88.9 Å². The van der Waals surface area contributed by atoms with E-state index in [0.717, 1.165) is 30.8 Å². The number of hydrogen-bond acceptors (Lipinski definition) is 4. The fourth-order valence-corrected chi connectivity index (χ4v) is 3.99. The Kier molecular flexibility index (Phi) is 7.70. The molecule has 7 heteroatoms. The van der Waals surface area contributed by atoms with Crippen LogP contribution in [0.1, 0.15) is 22.8 Å². The molecule has 34 heavy (non-hydrogen) atoms. The highest BCUT2D eigenvalue weighted by atomic mass is 35.5. The minimum atomic E-state index is -0.234. The molecule has 1 aliphatic rings. The van der Waals surface area contributed by atoms with E-state index < -0.39 is 0 Å². The van der Waals surface area contributed by atoms with Crippen molar-refractivity contribution in [3.63, 3.8) is 0 Å². The minimum Gasteiger partial charge on any atom is -0.484 e. The van der Waals surface area contributed by atoms with Crippen LogP contribution in [0.25, 0.3) is 0 Å². The molecule has 1 N–H and O–H groups in total. The Morgan fingerprint density at radius 1 is 0.882 bits per heavy atom. The molecular weight excluding hydrogens is 450 g/mol. The molecule has 176 valence electrons. The van der Waals surface area contributed by atoms with Crippen molar-refractivity contribution in [2.75, 3.05) is 43.0 Å². The Labute approximate surface area is 205 Å². The summed E-state index contributed by atoms with van der Waals surface area (Å²) in [6.07, 6.45) is 0.965. The zero-order chi connectivity index (χ0) is 23.9. The predicted molar refractivity (Wildman–Crippen MR) is 136 cm³/mol. The van der Waals surface area contributed by atoms with E-state index in [-0.39, 0.29) is 18.4 Å². The quantitative estimate of drug-likeness (QED) is 0.526. The van der Waals surface area contributed by atoms with Gasteiger partial charge in [-0.25, -0.2) is 0 Å². The van der Waals surface area contributed by atoms with Gasteiger partial charge in [0, 0.05) is 48.1 Å². The number of carbonyl (C=O) groups excluding carboxylic acids is 2. The molecule has 0 spiro atoms. The first kappa shape index (κ1) is 23.6. The van der Waals surface area contributed by atoms with Gasteiger partial charge in [-0.15, -0.1) is 0 Å². The predicted octanol–water partition coefficient (Wildman–Crippen LogP) is 4.88. The lowest BCUT2D eigenvalue weighted by Gasteiger charge is -2.36. The summed E-state index contributed by atoms with van der Waals surface area (Å²) in [6, 6.07) is 22.5. The summed E-state index contributed by atoms with van der Waals surface area (Å²) in [6.45, 7) is 4.90. The van der Waals surface area contributed by atoms with E-state index in [1.165, 1.54) is 5.56 Å². The molecule has 0 atom stereocenters. The van der Waals surface area contributed by atoms with E-state index in [2.05, 4.69) is 17.1 Å². The van der Waals surface area contributed by atoms with E-state index in [0.29, 0.717) is 29.5 Å². The number of halogens is 1. The number of nitrogens with zero attached hydrogens (tertiary/aromatic N) is 2. The lowest BCUT2D eigenvalue weighted by molar-refractivity contribution is -0.118. The van der Waals surface area contributed by atoms with Gasteiger partial charge in [0.05, 0.1) is 0 Å². The van der Waals surface area contributed by atoms with Crippen molar-refractivity contribution in [1.29, 1.82) is 0 Å². The number of aryl methyl sites for hydroxylation is 1. The van der Waals surface area contributed by atoms with Crippen LogP contribution >= 0.6 is 11.6 Å². The Bertz CT molecular complexity index is 1110. The van der Waals surface area contributed by atoms with Crippen LogP contribution in [0, 0.1) is 0 Å². The molecule has 0 saturated carbocycles. The number of nitrogens with one attached hydrogen (secondary N) is 1. The number of amides is 2. The van der Waals surface area contributed by atoms with E-state index in [1.807, 2.05) is 53.4 Å². The first-order valence-electron chi connectivity index (χ1n) is 11.4. The zero-order valence-electron chi connectivity index (χ0n) is 19.2. The average molecular weight is 478 g/mol. The molecule has 1 fully saturated rings. The lowest BCUT2D eigenvalue weighted by atomic mass is 10.1. The van der Waals surface area contributed by atoms with Gasteiger partial charge in [0.25, 0.3) is 11.8 Å². The van der Waals surface area contributed by atoms with Crippen molar-refractivity contribution in [3.8, 4) is 5.75 Å². The standard InChI is InChI=1S/C27H28ClN3O3/c1-2-20-3-5-21(6-4-20)27(33)31-17-15-30(16-18-31)24-11-9-23(10-12-24)29-26(32)19-34-25-13-7-22(28)8-14-25/h3-14H,2,15-19H2,1H3,(H,29,32). The fraction of sp³-hybridized carbons (Fsp3) is 0.259. The molecule has 4 rings (SSSR count). The molecule has 0 aromatic heterocycles. The van der Waals surface area contributed by atoms with Gasteiger partial charge in [-0.05, 0) is 72.6 Å². The van der Waals surface area contributed by atoms with Crippen molar-refractivity contribution in [2.24, 2.45) is 0 Å². The van der Waals surface area contributed by atoms with Crippen LogP contribution in [0.4, 0.5) is 11.4 Å². The van der Waals surface area contributed by atoms with Crippen LogP contribution in [0.15, 0.2) is 72.8 Å². The van der Waals surface area contributed by atoms with Crippen LogP contribution in [0.3, 0.4) is 0 Å². The molecule has 0 unspecified atom stereocenters. The topological polar surface area (TPSA) is 61.9 Å². The van der Waals surface area contributed by atoms with Crippen LogP contribution < -0.4 is 15.0 Å². The number of rotatable bonds is 7. The van der Waals surface area contributed by atoms with Crippen LogP contribution in [-0.2, 0) is 11.2 Å². The Morgan fingerprint density at radius 2 is 1.53 bits per heavy atom. The van der Waals surface area contributed by atoms with Gasteiger partial charge in [0.2, 0.25) is 0 Å². The third-order valence-electron chi connectivity index (χ3n) is 5.88. The Hall–Kier alpha value is -3.51. The number of piperazine rings is 1. The van der Waals surface area contributed by atoms with Gasteiger partial charge < -0.3 is 19.9 Å². The Balaban J connectivity index is 1.25. The zero-order valence-corrected chi connectivity index (χ0v) is 19.9. The summed E-state index contributed by atoms with van der Waals surface area (Å²) >= 11 is 5.85. The summed E-state index contributed by atoms with van der Waals surface area (Å²) in [7, 11) is 0. The van der Waals surface area contributed by atoms with Gasteiger partial charge in [-0.1, -0.05) is 30.7 Å². The first-order chi connectivity index (χ1) is 16.5. The fourth-order valence-electron chi connectivity index (χ4n) is 3.87. The molecule has 1 heterocycles. The average Bonchev–Trinajstić information content (AvgIpc) is 2.88. The van der Waals surface area contributed by atoms with Crippen LogP contribution in [0.2, 0.25) is 5.02 Å². The normalized spacial score (nSPS) is 13.5. The second-order valence-electron chi connectivity index (χ2n) is 8.17. The molecule has 1 aliphatic heterocycles. The highest BCUT2D eigenvalue weighted by Crippen LogP contribution is 2.21. The smallest absolute Gasteiger partial charge is 0.262 e. The number of benzene rings is 3. The van der Waals surface area contributed by atoms with Gasteiger partial charge in [0.1, 0.15) is 5.75 Å². The van der Waals surface area contributed by atoms with Gasteiger partial charge in [-0.2, -0.15) is 0 Å². The maximum absolute atomic E-state index is 12.8. The first-order valence-corrected chi connectivity index (χ1v) is 11.8. The summed E-state index contributed by atoms with van der Waals surface area (Å²) in [4.78, 5) is 29.1. The van der Waals surface area contributed by atoms with Crippen molar-refractivity contribution in [2.45, 2.75) is 13.3 Å². The maximum atomic E-state index is 12.8. The summed E-state index contributed by atoms with van der Waals surface area (Å²) < 4.78 is 5.48. The van der Waals surface area contributed by atoms with Crippen molar-refractivity contribution in [1.82, 2.24) is 4.90 Å². The largest absolute Gasteiger partial charge is 0.484 e. The van der Waals surface area contributed by atoms with E-state index in [1.54, 1.807) is 24.3 Å². The highest BCUT2D eigenvalue weighted by Gasteiger charge is 2.22. The van der Waals surface area contributed by atoms with Crippen LogP contribution in [-0.4, -0.2) is 49.5 Å². The molecule has 0 radical (unpaired) electrons. The Morgan fingerprint density at radius 3 is 2.15 bits per heavy atom. The SMILES string of the molecule is CCc1ccc(C(=O)N2CCN(c3ccc(NC(=O)COc4ccc(Cl)cc4)cc3)CC2)cc1. The van der Waals surface area contributed by atoms with Crippen LogP contribution in [0.5, 0.6) is 5.75 Å². The molecule has 3 aromatic rings. The number of ether oxygens (including phenoxy) is 1. The maximum Gasteiger partial charge on any atom is 0.262 e. The summed E-state index contributed by atoms with van der Waals surface area (Å²) in [5.74, 6) is 0.438. The van der Waals surface area contributed by atoms with Gasteiger partial charge in [0.15, 0.2) is 6.61 Å².